The van der Waals surface area contributed by atoms with Gasteiger partial charge in [-0.15, -0.1) is 0 Å². The molecule has 0 heterocycles. The molecule has 2 aromatic carbocycles. The van der Waals surface area contributed by atoms with Gasteiger partial charge in [-0.05, 0) is 24.6 Å². The number of rotatable bonds is 8. The average molecular weight is 348 g/mol. The van der Waals surface area contributed by atoms with Crippen molar-refractivity contribution < 1.29 is 23.1 Å². The van der Waals surface area contributed by atoms with Crippen LogP contribution in [0.2, 0.25) is 0 Å². The van der Waals surface area contributed by atoms with Crippen molar-refractivity contribution in [2.24, 2.45) is 0 Å². The Morgan fingerprint density at radius 1 is 1.12 bits per heavy atom. The number of ketones is 1. The third-order valence-electron chi connectivity index (χ3n) is 3.35. The minimum Gasteiger partial charge on any atom is -0.497 e. The van der Waals surface area contributed by atoms with Crippen LogP contribution in [-0.4, -0.2) is 26.2 Å². The molecule has 0 saturated carbocycles. The van der Waals surface area contributed by atoms with E-state index in [9.17, 15) is 9.36 Å². The molecule has 2 rings (SSSR count). The Morgan fingerprint density at radius 2 is 1.83 bits per heavy atom. The van der Waals surface area contributed by atoms with Gasteiger partial charge in [0.2, 0.25) is 0 Å². The molecule has 0 amide bonds. The minimum absolute atomic E-state index is 0.234. The second kappa shape index (κ2) is 8.25. The molecule has 0 aliphatic carbocycles. The Labute approximate surface area is 142 Å². The van der Waals surface area contributed by atoms with Gasteiger partial charge in [0, 0.05) is 12.2 Å². The summed E-state index contributed by atoms with van der Waals surface area (Å²) in [5, 5.41) is 0. The van der Waals surface area contributed by atoms with Crippen molar-refractivity contribution in [2.45, 2.75) is 13.0 Å². The second-order valence-corrected chi connectivity index (χ2v) is 7.19. The van der Waals surface area contributed by atoms with Crippen molar-refractivity contribution in [3.05, 3.63) is 65.7 Å². The van der Waals surface area contributed by atoms with E-state index in [0.29, 0.717) is 16.9 Å². The van der Waals surface area contributed by atoms with E-state index in [0.717, 1.165) is 0 Å². The maximum Gasteiger partial charge on any atom is 0.328 e. The lowest BCUT2D eigenvalue weighted by Crippen LogP contribution is -2.16. The van der Waals surface area contributed by atoms with Crippen LogP contribution in [0, 0.1) is 0 Å². The van der Waals surface area contributed by atoms with Gasteiger partial charge in [-0.1, -0.05) is 42.5 Å². The molecule has 0 spiro atoms. The summed E-state index contributed by atoms with van der Waals surface area (Å²) in [6.45, 7) is 3.32. The number of ether oxygens (including phenoxy) is 1. The highest BCUT2D eigenvalue weighted by Gasteiger charge is 2.30. The number of carbonyl (C=O) groups is 1. The topological polar surface area (TPSA) is 61.8 Å². The summed E-state index contributed by atoms with van der Waals surface area (Å²) < 4.78 is 28.4. The van der Waals surface area contributed by atoms with E-state index in [2.05, 4.69) is 0 Å². The van der Waals surface area contributed by atoms with Crippen LogP contribution < -0.4 is 4.74 Å². The molecule has 2 atom stereocenters. The van der Waals surface area contributed by atoms with Crippen molar-refractivity contribution in [2.75, 3.05) is 20.4 Å². The highest BCUT2D eigenvalue weighted by Crippen LogP contribution is 2.49. The van der Waals surface area contributed by atoms with E-state index in [4.69, 9.17) is 13.8 Å². The molecule has 0 fully saturated rings. The molecule has 0 aliphatic heterocycles. The lowest BCUT2D eigenvalue weighted by molar-refractivity contribution is 0.0750. The van der Waals surface area contributed by atoms with E-state index in [1.165, 1.54) is 6.66 Å². The van der Waals surface area contributed by atoms with Crippen LogP contribution in [0.5, 0.6) is 5.75 Å². The van der Waals surface area contributed by atoms with E-state index < -0.39 is 13.7 Å². The van der Waals surface area contributed by atoms with Gasteiger partial charge < -0.3 is 9.26 Å². The SMILES string of the molecule is CCOP(C)(=O)OC(C(=O)c1ccccc1)c1cccc(OC)c1. The average Bonchev–Trinajstić information content (AvgIpc) is 2.60. The third-order valence-corrected chi connectivity index (χ3v) is 4.67. The van der Waals surface area contributed by atoms with E-state index in [1.54, 1.807) is 62.6 Å². The van der Waals surface area contributed by atoms with Crippen molar-refractivity contribution >= 4 is 13.4 Å². The first kappa shape index (κ1) is 18.4. The molecule has 6 heteroatoms. The van der Waals surface area contributed by atoms with Crippen LogP contribution in [0.15, 0.2) is 54.6 Å². The molecule has 2 aromatic rings. The molecule has 0 radical (unpaired) electrons. The Balaban J connectivity index is 2.41. The van der Waals surface area contributed by atoms with Crippen LogP contribution in [0.25, 0.3) is 0 Å². The molecule has 24 heavy (non-hydrogen) atoms. The summed E-state index contributed by atoms with van der Waals surface area (Å²) in [4.78, 5) is 12.9. The first-order valence-corrected chi connectivity index (χ1v) is 9.59. The number of benzene rings is 2. The molecular weight excluding hydrogens is 327 g/mol. The van der Waals surface area contributed by atoms with E-state index >= 15 is 0 Å². The zero-order chi connectivity index (χ0) is 17.6. The summed E-state index contributed by atoms with van der Waals surface area (Å²) in [5.41, 5.74) is 1.03. The molecule has 2 unspecified atom stereocenters. The van der Waals surface area contributed by atoms with E-state index in [1.807, 2.05) is 6.07 Å². The monoisotopic (exact) mass is 348 g/mol. The van der Waals surface area contributed by atoms with Crippen LogP contribution in [0.4, 0.5) is 0 Å². The lowest BCUT2D eigenvalue weighted by atomic mass is 10.00. The van der Waals surface area contributed by atoms with Crippen LogP contribution in [-0.2, 0) is 13.6 Å². The second-order valence-electron chi connectivity index (χ2n) is 5.18. The van der Waals surface area contributed by atoms with Gasteiger partial charge in [0.15, 0.2) is 11.9 Å². The fourth-order valence-corrected chi connectivity index (χ4v) is 3.41. The van der Waals surface area contributed by atoms with Crippen LogP contribution >= 0.6 is 7.60 Å². The quantitative estimate of drug-likeness (QED) is 0.519. The summed E-state index contributed by atoms with van der Waals surface area (Å²) in [7, 11) is -1.83. The zero-order valence-electron chi connectivity index (χ0n) is 14.0. The Morgan fingerprint density at radius 3 is 2.46 bits per heavy atom. The van der Waals surface area contributed by atoms with Crippen molar-refractivity contribution in [3.63, 3.8) is 0 Å². The predicted molar refractivity (Wildman–Crippen MR) is 92.7 cm³/mol. The Kier molecular flexibility index (Phi) is 6.32. The molecule has 0 bridgehead atoms. The van der Waals surface area contributed by atoms with Crippen molar-refractivity contribution in [1.29, 1.82) is 0 Å². The largest absolute Gasteiger partial charge is 0.497 e. The highest BCUT2D eigenvalue weighted by atomic mass is 31.2. The molecule has 128 valence electrons. The number of hydrogen-bond donors (Lipinski definition) is 0. The van der Waals surface area contributed by atoms with Gasteiger partial charge in [0.05, 0.1) is 13.7 Å². The van der Waals surface area contributed by atoms with Crippen molar-refractivity contribution in [3.8, 4) is 5.75 Å². The maximum atomic E-state index is 12.9. The number of methoxy groups -OCH3 is 1. The minimum atomic E-state index is -3.37. The van der Waals surface area contributed by atoms with Crippen molar-refractivity contribution in [1.82, 2.24) is 0 Å². The summed E-state index contributed by atoms with van der Waals surface area (Å²) in [6.07, 6.45) is -1.04. The first-order chi connectivity index (χ1) is 11.5. The van der Waals surface area contributed by atoms with Gasteiger partial charge in [-0.25, -0.2) is 0 Å². The van der Waals surface area contributed by atoms with Gasteiger partial charge in [0.25, 0.3) is 0 Å². The standard InChI is InChI=1S/C18H21O5P/c1-4-22-24(3,20)23-18(15-11-8-12-16(13-15)21-2)17(19)14-9-6-5-7-10-14/h5-13,18H,4H2,1-3H3. The predicted octanol–water partition coefficient (Wildman–Crippen LogP) is 4.50. The normalized spacial score (nSPS) is 14.6. The first-order valence-electron chi connectivity index (χ1n) is 7.60. The van der Waals surface area contributed by atoms with Gasteiger partial charge >= 0.3 is 7.60 Å². The Bertz CT molecular complexity index is 729. The number of hydrogen-bond acceptors (Lipinski definition) is 5. The molecule has 0 aliphatic rings. The third kappa shape index (κ3) is 4.78. The highest BCUT2D eigenvalue weighted by molar-refractivity contribution is 7.53. The van der Waals surface area contributed by atoms with E-state index in [-0.39, 0.29) is 12.4 Å². The van der Waals surface area contributed by atoms with Gasteiger partial charge in [-0.2, -0.15) is 0 Å². The molecule has 0 aromatic heterocycles. The van der Waals surface area contributed by atoms with Crippen LogP contribution in [0.3, 0.4) is 0 Å². The summed E-state index contributed by atoms with van der Waals surface area (Å²) in [6, 6.07) is 15.7. The number of Topliss-reactive ketones (excluding diaryl/α,β-unsaturated/α-hetero) is 1. The molecule has 5 nitrogen and oxygen atoms in total. The van der Waals surface area contributed by atoms with Crippen LogP contribution in [0.1, 0.15) is 28.9 Å². The fourth-order valence-electron chi connectivity index (χ4n) is 2.27. The number of carbonyl (C=O) groups excluding carboxylic acids is 1. The van der Waals surface area contributed by atoms with Gasteiger partial charge in [0.1, 0.15) is 5.75 Å². The molecule has 0 saturated heterocycles. The molecular formula is C18H21O5P. The lowest BCUT2D eigenvalue weighted by Gasteiger charge is -2.22. The smallest absolute Gasteiger partial charge is 0.328 e. The van der Waals surface area contributed by atoms with Gasteiger partial charge in [-0.3, -0.25) is 13.9 Å². The fraction of sp³-hybridized carbons (Fsp3) is 0.278. The zero-order valence-corrected chi connectivity index (χ0v) is 14.9. The summed E-state index contributed by atoms with van der Waals surface area (Å²) in [5.74, 6) is 0.301. The maximum absolute atomic E-state index is 12.9. The molecule has 0 N–H and O–H groups in total. The summed E-state index contributed by atoms with van der Waals surface area (Å²) >= 11 is 0. The Hall–Kier alpha value is -1.94.